The summed E-state index contributed by atoms with van der Waals surface area (Å²) in [6.45, 7) is 4.83. The molecular formula is C19H26N4O3. The predicted octanol–water partition coefficient (Wildman–Crippen LogP) is 1.57. The molecule has 3 rings (SSSR count). The zero-order chi connectivity index (χ0) is 18.9. The van der Waals surface area contributed by atoms with E-state index in [-0.39, 0.29) is 11.3 Å². The number of amides is 1. The number of aliphatic carboxylic acids is 1. The van der Waals surface area contributed by atoms with E-state index >= 15 is 0 Å². The van der Waals surface area contributed by atoms with Crippen molar-refractivity contribution in [3.8, 4) is 6.07 Å². The molecule has 1 spiro atoms. The second-order valence-electron chi connectivity index (χ2n) is 7.77. The summed E-state index contributed by atoms with van der Waals surface area (Å²) in [4.78, 5) is 27.4. The van der Waals surface area contributed by atoms with Crippen molar-refractivity contribution in [2.45, 2.75) is 45.2 Å². The fourth-order valence-electron chi connectivity index (χ4n) is 4.21. The van der Waals surface area contributed by atoms with Crippen LogP contribution in [0.3, 0.4) is 0 Å². The van der Waals surface area contributed by atoms with Crippen molar-refractivity contribution in [3.63, 3.8) is 0 Å². The number of aromatic nitrogens is 1. The van der Waals surface area contributed by atoms with Crippen LogP contribution in [0.1, 0.15) is 43.9 Å². The van der Waals surface area contributed by atoms with E-state index in [1.54, 1.807) is 11.8 Å². The fraction of sp³-hybridized carbons (Fsp3) is 0.632. The van der Waals surface area contributed by atoms with Gasteiger partial charge in [0.25, 0.3) is 0 Å². The Balaban J connectivity index is 1.61. The molecule has 2 fully saturated rings. The molecular weight excluding hydrogens is 332 g/mol. The third-order valence-electron chi connectivity index (χ3n) is 6.02. The van der Waals surface area contributed by atoms with Gasteiger partial charge in [-0.25, -0.2) is 4.79 Å². The third kappa shape index (κ3) is 3.61. The number of carboxylic acids is 1. The van der Waals surface area contributed by atoms with Crippen LogP contribution in [0.4, 0.5) is 0 Å². The van der Waals surface area contributed by atoms with Crippen LogP contribution >= 0.6 is 0 Å². The maximum atomic E-state index is 12.2. The van der Waals surface area contributed by atoms with Crippen molar-refractivity contribution in [1.82, 2.24) is 14.4 Å². The molecule has 2 aliphatic heterocycles. The lowest BCUT2D eigenvalue weighted by molar-refractivity contribution is -0.155. The first-order valence-corrected chi connectivity index (χ1v) is 9.13. The summed E-state index contributed by atoms with van der Waals surface area (Å²) >= 11 is 0. The average Bonchev–Trinajstić information content (AvgIpc) is 2.98. The molecule has 0 radical (unpaired) electrons. The molecule has 0 aliphatic carbocycles. The number of carbonyl (C=O) groups excluding carboxylic acids is 1. The molecule has 0 saturated carbocycles. The second kappa shape index (κ2) is 7.12. The lowest BCUT2D eigenvalue weighted by Gasteiger charge is -2.48. The van der Waals surface area contributed by atoms with Gasteiger partial charge in [-0.2, -0.15) is 5.26 Å². The van der Waals surface area contributed by atoms with Gasteiger partial charge in [0.2, 0.25) is 5.91 Å². The van der Waals surface area contributed by atoms with Crippen LogP contribution in [0.25, 0.3) is 0 Å². The Morgan fingerprint density at radius 3 is 2.65 bits per heavy atom. The molecule has 0 aromatic carbocycles. The number of aryl methyl sites for hydroxylation is 1. The van der Waals surface area contributed by atoms with Crippen molar-refractivity contribution < 1.29 is 14.7 Å². The molecule has 1 amide bonds. The minimum atomic E-state index is -0.940. The van der Waals surface area contributed by atoms with Crippen LogP contribution in [-0.4, -0.2) is 57.0 Å². The minimum absolute atomic E-state index is 0.0405. The van der Waals surface area contributed by atoms with Gasteiger partial charge in [-0.3, -0.25) is 9.69 Å². The zero-order valence-corrected chi connectivity index (χ0v) is 15.4. The summed E-state index contributed by atoms with van der Waals surface area (Å²) in [6.07, 6.45) is 5.24. The van der Waals surface area contributed by atoms with Crippen molar-refractivity contribution >= 4 is 11.9 Å². The van der Waals surface area contributed by atoms with Crippen LogP contribution in [-0.2, 0) is 23.2 Å². The number of nitriles is 1. The van der Waals surface area contributed by atoms with Crippen LogP contribution in [0, 0.1) is 16.7 Å². The number of hydrogen-bond donors (Lipinski definition) is 1. The predicted molar refractivity (Wildman–Crippen MR) is 95.1 cm³/mol. The van der Waals surface area contributed by atoms with Gasteiger partial charge in [-0.05, 0) is 56.3 Å². The number of hydrogen-bond acceptors (Lipinski definition) is 4. The highest BCUT2D eigenvalue weighted by Gasteiger charge is 2.43. The van der Waals surface area contributed by atoms with Crippen LogP contribution in [0.2, 0.25) is 0 Å². The van der Waals surface area contributed by atoms with Gasteiger partial charge < -0.3 is 14.6 Å². The number of carbonyl (C=O) groups is 2. The van der Waals surface area contributed by atoms with E-state index in [1.807, 2.05) is 23.9 Å². The maximum absolute atomic E-state index is 12.2. The van der Waals surface area contributed by atoms with E-state index in [4.69, 9.17) is 5.26 Å². The van der Waals surface area contributed by atoms with E-state index in [9.17, 15) is 14.7 Å². The monoisotopic (exact) mass is 358 g/mol. The molecule has 1 atom stereocenters. The smallest absolute Gasteiger partial charge is 0.326 e. The quantitative estimate of drug-likeness (QED) is 0.882. The molecule has 7 heteroatoms. The van der Waals surface area contributed by atoms with E-state index in [2.05, 4.69) is 11.0 Å². The van der Waals surface area contributed by atoms with Gasteiger partial charge >= 0.3 is 5.97 Å². The van der Waals surface area contributed by atoms with Crippen molar-refractivity contribution in [2.75, 3.05) is 19.6 Å². The Kier molecular flexibility index (Phi) is 5.05. The zero-order valence-electron chi connectivity index (χ0n) is 15.4. The standard InChI is InChI=1S/C19H26N4O3/c1-14(18(25)26)23-13-19(4-3-17(23)24)5-7-22(8-6-19)12-15-9-16(10-20)21(2)11-15/h9,11,14H,3-8,12-13H2,1-2H3,(H,25,26)/t14-/m1/s1. The molecule has 140 valence electrons. The fourth-order valence-corrected chi connectivity index (χ4v) is 4.21. The average molecular weight is 358 g/mol. The Hall–Kier alpha value is -2.33. The molecule has 26 heavy (non-hydrogen) atoms. The van der Waals surface area contributed by atoms with Gasteiger partial charge in [0, 0.05) is 32.8 Å². The van der Waals surface area contributed by atoms with Gasteiger partial charge in [0.1, 0.15) is 17.8 Å². The third-order valence-corrected chi connectivity index (χ3v) is 6.02. The number of piperidine rings is 2. The summed E-state index contributed by atoms with van der Waals surface area (Å²) in [6, 6.07) is 3.36. The SMILES string of the molecule is C[C@H](C(=O)O)N1CC2(CCC1=O)CCN(Cc1cc(C#N)n(C)c1)CC2. The van der Waals surface area contributed by atoms with Gasteiger partial charge in [-0.15, -0.1) is 0 Å². The molecule has 1 aromatic heterocycles. The first-order valence-electron chi connectivity index (χ1n) is 9.13. The molecule has 1 N–H and O–H groups in total. The van der Waals surface area contributed by atoms with E-state index in [0.29, 0.717) is 18.7 Å². The summed E-state index contributed by atoms with van der Waals surface area (Å²) in [5, 5.41) is 18.3. The number of nitrogens with zero attached hydrogens (tertiary/aromatic N) is 4. The molecule has 7 nitrogen and oxygen atoms in total. The van der Waals surface area contributed by atoms with Gasteiger partial charge in [0.05, 0.1) is 0 Å². The maximum Gasteiger partial charge on any atom is 0.326 e. The Bertz CT molecular complexity index is 740. The highest BCUT2D eigenvalue weighted by Crippen LogP contribution is 2.41. The van der Waals surface area contributed by atoms with Gasteiger partial charge in [-0.1, -0.05) is 0 Å². The number of likely N-dealkylation sites (tertiary alicyclic amines) is 2. The van der Waals surface area contributed by atoms with Crippen LogP contribution in [0.5, 0.6) is 0 Å². The molecule has 0 unspecified atom stereocenters. The number of carboxylic acid groups (broad SMARTS) is 1. The van der Waals surface area contributed by atoms with Crippen LogP contribution in [0.15, 0.2) is 12.3 Å². The van der Waals surface area contributed by atoms with E-state index in [0.717, 1.165) is 44.5 Å². The highest BCUT2D eigenvalue weighted by molar-refractivity contribution is 5.84. The first-order chi connectivity index (χ1) is 12.3. The number of rotatable bonds is 4. The lowest BCUT2D eigenvalue weighted by atomic mass is 9.72. The van der Waals surface area contributed by atoms with Crippen LogP contribution < -0.4 is 0 Å². The van der Waals surface area contributed by atoms with E-state index in [1.165, 1.54) is 0 Å². The van der Waals surface area contributed by atoms with Gasteiger partial charge in [0.15, 0.2) is 0 Å². The Morgan fingerprint density at radius 2 is 2.08 bits per heavy atom. The van der Waals surface area contributed by atoms with Crippen molar-refractivity contribution in [3.05, 3.63) is 23.5 Å². The normalized spacial score (nSPS) is 21.6. The topological polar surface area (TPSA) is 89.6 Å². The first kappa shape index (κ1) is 18.5. The largest absolute Gasteiger partial charge is 0.480 e. The molecule has 3 heterocycles. The van der Waals surface area contributed by atoms with E-state index < -0.39 is 12.0 Å². The second-order valence-corrected chi connectivity index (χ2v) is 7.77. The van der Waals surface area contributed by atoms with Crippen molar-refractivity contribution in [2.24, 2.45) is 12.5 Å². The molecule has 2 aliphatic rings. The summed E-state index contributed by atoms with van der Waals surface area (Å²) in [5.74, 6) is -0.980. The molecule has 1 aromatic rings. The molecule has 2 saturated heterocycles. The minimum Gasteiger partial charge on any atom is -0.480 e. The Labute approximate surface area is 153 Å². The molecule has 0 bridgehead atoms. The summed E-state index contributed by atoms with van der Waals surface area (Å²) in [5.41, 5.74) is 1.85. The summed E-state index contributed by atoms with van der Waals surface area (Å²) < 4.78 is 1.85. The summed E-state index contributed by atoms with van der Waals surface area (Å²) in [7, 11) is 1.88. The lowest BCUT2D eigenvalue weighted by Crippen LogP contribution is -2.55. The highest BCUT2D eigenvalue weighted by atomic mass is 16.4. The van der Waals surface area contributed by atoms with Crippen molar-refractivity contribution in [1.29, 1.82) is 5.26 Å². The Morgan fingerprint density at radius 1 is 1.38 bits per heavy atom.